The third-order valence-corrected chi connectivity index (χ3v) is 7.36. The van der Waals surface area contributed by atoms with Crippen LogP contribution in [0, 0.1) is 6.92 Å². The number of rotatable bonds is 7. The number of hydrogen-bond acceptors (Lipinski definition) is 8. The molecule has 1 aliphatic heterocycles. The van der Waals surface area contributed by atoms with Crippen LogP contribution in [0.2, 0.25) is 0 Å². The van der Waals surface area contributed by atoms with Gasteiger partial charge in [0.05, 0.1) is 42.7 Å². The Labute approximate surface area is 223 Å². The molecule has 1 amide bonds. The van der Waals surface area contributed by atoms with Gasteiger partial charge in [-0.25, -0.2) is 4.98 Å². The molecule has 0 unspecified atom stereocenters. The number of ether oxygens (including phenoxy) is 3. The Morgan fingerprint density at radius 2 is 1.74 bits per heavy atom. The third-order valence-electron chi connectivity index (χ3n) is 6.35. The molecule has 4 aromatic rings. The van der Waals surface area contributed by atoms with Crippen LogP contribution in [0.25, 0.3) is 16.0 Å². The lowest BCUT2D eigenvalue weighted by Gasteiger charge is -2.23. The summed E-state index contributed by atoms with van der Waals surface area (Å²) in [6.45, 7) is 4.35. The molecular weight excluding hydrogens is 504 g/mol. The zero-order chi connectivity index (χ0) is 27.0. The largest absolute Gasteiger partial charge is 0.507 e. The van der Waals surface area contributed by atoms with Gasteiger partial charge in [-0.3, -0.25) is 14.5 Å². The van der Waals surface area contributed by atoms with Gasteiger partial charge in [0.1, 0.15) is 11.5 Å². The highest BCUT2D eigenvalue weighted by Gasteiger charge is 2.48. The fourth-order valence-electron chi connectivity index (χ4n) is 4.52. The lowest BCUT2D eigenvalue weighted by atomic mass is 9.95. The van der Waals surface area contributed by atoms with E-state index in [1.165, 1.54) is 30.5 Å². The van der Waals surface area contributed by atoms with Gasteiger partial charge in [0.15, 0.2) is 16.6 Å². The van der Waals surface area contributed by atoms with Gasteiger partial charge in [0.2, 0.25) is 0 Å². The number of carbonyl (C=O) groups is 2. The second kappa shape index (κ2) is 10.2. The SMILES string of the molecule is CCOc1ccc(C(O)=C2C(=O)C(=O)N(c3nc4ccc(C)cc4s3)[C@@H]2c2ccc(OC)c(OC)c2)cc1. The highest BCUT2D eigenvalue weighted by Crippen LogP contribution is 2.46. The van der Waals surface area contributed by atoms with E-state index in [9.17, 15) is 14.7 Å². The molecule has 38 heavy (non-hydrogen) atoms. The highest BCUT2D eigenvalue weighted by atomic mass is 32.1. The molecular formula is C29H26N2O6S. The molecule has 0 radical (unpaired) electrons. The summed E-state index contributed by atoms with van der Waals surface area (Å²) in [5.41, 5.74) is 2.68. The topological polar surface area (TPSA) is 98.2 Å². The molecule has 1 aliphatic rings. The minimum atomic E-state index is -0.942. The fraction of sp³-hybridized carbons (Fsp3) is 0.207. The number of aromatic nitrogens is 1. The van der Waals surface area contributed by atoms with Gasteiger partial charge in [-0.2, -0.15) is 0 Å². The second-order valence-electron chi connectivity index (χ2n) is 8.71. The summed E-state index contributed by atoms with van der Waals surface area (Å²) in [6, 6.07) is 16.7. The highest BCUT2D eigenvalue weighted by molar-refractivity contribution is 7.22. The van der Waals surface area contributed by atoms with Crippen molar-refractivity contribution in [2.24, 2.45) is 0 Å². The molecule has 5 rings (SSSR count). The monoisotopic (exact) mass is 530 g/mol. The molecule has 9 heteroatoms. The lowest BCUT2D eigenvalue weighted by Crippen LogP contribution is -2.29. The van der Waals surface area contributed by atoms with Gasteiger partial charge >= 0.3 is 5.91 Å². The number of benzene rings is 3. The fourth-order valence-corrected chi connectivity index (χ4v) is 5.61. The molecule has 1 N–H and O–H groups in total. The Balaban J connectivity index is 1.71. The second-order valence-corrected chi connectivity index (χ2v) is 9.72. The van der Waals surface area contributed by atoms with Crippen molar-refractivity contribution in [1.29, 1.82) is 0 Å². The molecule has 8 nitrogen and oxygen atoms in total. The number of hydrogen-bond donors (Lipinski definition) is 1. The van der Waals surface area contributed by atoms with Crippen LogP contribution in [0.4, 0.5) is 5.13 Å². The quantitative estimate of drug-likeness (QED) is 0.187. The number of ketones is 1. The van der Waals surface area contributed by atoms with E-state index in [1.54, 1.807) is 42.5 Å². The van der Waals surface area contributed by atoms with Crippen LogP contribution in [0.15, 0.2) is 66.2 Å². The maximum atomic E-state index is 13.5. The van der Waals surface area contributed by atoms with E-state index in [0.717, 1.165) is 15.8 Å². The van der Waals surface area contributed by atoms with Crippen molar-refractivity contribution in [2.75, 3.05) is 25.7 Å². The minimum Gasteiger partial charge on any atom is -0.507 e. The maximum Gasteiger partial charge on any atom is 0.301 e. The lowest BCUT2D eigenvalue weighted by molar-refractivity contribution is -0.132. The van der Waals surface area contributed by atoms with Crippen molar-refractivity contribution in [3.05, 3.63) is 82.9 Å². The summed E-state index contributed by atoms with van der Waals surface area (Å²) in [7, 11) is 3.03. The molecule has 0 aliphatic carbocycles. The normalized spacial score (nSPS) is 16.7. The predicted octanol–water partition coefficient (Wildman–Crippen LogP) is 5.65. The molecule has 1 fully saturated rings. The first kappa shape index (κ1) is 25.3. The molecule has 1 atom stereocenters. The van der Waals surface area contributed by atoms with Gasteiger partial charge in [-0.1, -0.05) is 23.5 Å². The van der Waals surface area contributed by atoms with Gasteiger partial charge in [0.25, 0.3) is 5.78 Å². The van der Waals surface area contributed by atoms with E-state index < -0.39 is 17.7 Å². The predicted molar refractivity (Wildman–Crippen MR) is 146 cm³/mol. The van der Waals surface area contributed by atoms with Crippen LogP contribution in [-0.4, -0.2) is 42.6 Å². The third kappa shape index (κ3) is 4.35. The summed E-state index contributed by atoms with van der Waals surface area (Å²) in [5, 5.41) is 11.8. The van der Waals surface area contributed by atoms with E-state index in [-0.39, 0.29) is 11.3 Å². The van der Waals surface area contributed by atoms with Crippen LogP contribution in [0.1, 0.15) is 29.7 Å². The molecule has 0 saturated carbocycles. The van der Waals surface area contributed by atoms with Crippen LogP contribution in [-0.2, 0) is 9.59 Å². The average Bonchev–Trinajstić information content (AvgIpc) is 3.45. The molecule has 2 heterocycles. The van der Waals surface area contributed by atoms with Gasteiger partial charge in [-0.05, 0) is 73.5 Å². The zero-order valence-corrected chi connectivity index (χ0v) is 22.2. The van der Waals surface area contributed by atoms with Crippen molar-refractivity contribution >= 4 is 44.1 Å². The Morgan fingerprint density at radius 1 is 1.00 bits per heavy atom. The summed E-state index contributed by atoms with van der Waals surface area (Å²) in [5.74, 6) is -0.303. The number of anilines is 1. The Hall–Kier alpha value is -4.37. The van der Waals surface area contributed by atoms with Gasteiger partial charge in [-0.15, -0.1) is 0 Å². The number of aryl methyl sites for hydroxylation is 1. The van der Waals surface area contributed by atoms with Crippen LogP contribution in [0.3, 0.4) is 0 Å². The molecule has 3 aromatic carbocycles. The van der Waals surface area contributed by atoms with E-state index >= 15 is 0 Å². The standard InChI is InChI=1S/C29H26N2O6S/c1-5-37-19-10-7-17(8-11-19)26(32)24-25(18-9-13-21(35-3)22(15-18)36-4)31(28(34)27(24)33)29-30-20-12-6-16(2)14-23(20)38-29/h6-15,25,32H,5H2,1-4H3/t25-/m1/s1. The van der Waals surface area contributed by atoms with Gasteiger partial charge in [0, 0.05) is 5.56 Å². The first-order chi connectivity index (χ1) is 18.4. The first-order valence-corrected chi connectivity index (χ1v) is 12.8. The minimum absolute atomic E-state index is 0.0400. The van der Waals surface area contributed by atoms with E-state index in [4.69, 9.17) is 14.2 Å². The molecule has 0 spiro atoms. The van der Waals surface area contributed by atoms with E-state index in [2.05, 4.69) is 4.98 Å². The van der Waals surface area contributed by atoms with E-state index in [1.807, 2.05) is 32.0 Å². The number of Topliss-reactive ketones (excluding diaryl/α,β-unsaturated/α-hetero) is 1. The molecule has 0 bridgehead atoms. The number of methoxy groups -OCH3 is 2. The molecule has 1 saturated heterocycles. The van der Waals surface area contributed by atoms with Crippen molar-refractivity contribution < 1.29 is 28.9 Å². The molecule has 1 aromatic heterocycles. The number of thiazole rings is 1. The Bertz CT molecular complexity index is 1570. The summed E-state index contributed by atoms with van der Waals surface area (Å²) in [4.78, 5) is 33.0. The number of aliphatic hydroxyl groups is 1. The van der Waals surface area contributed by atoms with Crippen molar-refractivity contribution in [3.8, 4) is 17.2 Å². The average molecular weight is 531 g/mol. The summed E-state index contributed by atoms with van der Waals surface area (Å²) < 4.78 is 17.3. The molecule has 194 valence electrons. The number of aliphatic hydroxyl groups excluding tert-OH is 1. The van der Waals surface area contributed by atoms with Crippen LogP contribution < -0.4 is 19.1 Å². The summed E-state index contributed by atoms with van der Waals surface area (Å²) >= 11 is 1.31. The first-order valence-electron chi connectivity index (χ1n) is 12.0. The van der Waals surface area contributed by atoms with Crippen LogP contribution >= 0.6 is 11.3 Å². The van der Waals surface area contributed by atoms with Gasteiger partial charge < -0.3 is 19.3 Å². The maximum absolute atomic E-state index is 13.5. The number of fused-ring (bicyclic) bond motifs is 1. The van der Waals surface area contributed by atoms with Crippen molar-refractivity contribution in [1.82, 2.24) is 4.98 Å². The smallest absolute Gasteiger partial charge is 0.301 e. The Morgan fingerprint density at radius 3 is 2.42 bits per heavy atom. The number of nitrogens with zero attached hydrogens (tertiary/aromatic N) is 2. The van der Waals surface area contributed by atoms with Crippen molar-refractivity contribution in [3.63, 3.8) is 0 Å². The zero-order valence-electron chi connectivity index (χ0n) is 21.3. The summed E-state index contributed by atoms with van der Waals surface area (Å²) in [6.07, 6.45) is 0. The number of carbonyl (C=O) groups excluding carboxylic acids is 2. The van der Waals surface area contributed by atoms with Crippen LogP contribution in [0.5, 0.6) is 17.2 Å². The Kier molecular flexibility index (Phi) is 6.77. The number of amides is 1. The van der Waals surface area contributed by atoms with Crippen molar-refractivity contribution in [2.45, 2.75) is 19.9 Å². The van der Waals surface area contributed by atoms with E-state index in [0.29, 0.717) is 40.1 Å².